The van der Waals surface area contributed by atoms with Crippen LogP contribution in [0, 0.1) is 11.8 Å². The predicted molar refractivity (Wildman–Crippen MR) is 147 cm³/mol. The number of allylic oxidation sites excluding steroid dienone is 1. The number of halogens is 1. The Labute approximate surface area is 230 Å². The van der Waals surface area contributed by atoms with Gasteiger partial charge in [0.1, 0.15) is 5.75 Å². The molecule has 0 spiro atoms. The van der Waals surface area contributed by atoms with Crippen LogP contribution in [0.2, 0.25) is 5.02 Å². The number of rotatable bonds is 3. The van der Waals surface area contributed by atoms with Crippen LogP contribution in [0.4, 0.5) is 10.5 Å². The SMILES string of the molecule is CO[C@H]1C[C@H](C)Cc2cc(O)cc(c2Cl)NC(=O)/C(C)=C/CC[C@H](OC)[C@@H](OC(N)=O)/C(C)=C/[C@H](C)[C@H]1O. The molecule has 0 saturated heterocycles. The number of benzene rings is 1. The van der Waals surface area contributed by atoms with Crippen molar-refractivity contribution in [2.75, 3.05) is 19.5 Å². The lowest BCUT2D eigenvalue weighted by Crippen LogP contribution is -2.37. The van der Waals surface area contributed by atoms with Gasteiger partial charge in [0, 0.05) is 31.8 Å². The second-order valence-corrected chi connectivity index (χ2v) is 10.5. The maximum absolute atomic E-state index is 12.9. The largest absolute Gasteiger partial charge is 0.508 e. The highest BCUT2D eigenvalue weighted by Gasteiger charge is 2.30. The molecule has 0 saturated carbocycles. The predicted octanol–water partition coefficient (Wildman–Crippen LogP) is 4.73. The summed E-state index contributed by atoms with van der Waals surface area (Å²) >= 11 is 6.62. The summed E-state index contributed by atoms with van der Waals surface area (Å²) in [6, 6.07) is 2.99. The van der Waals surface area contributed by atoms with Crippen LogP contribution in [-0.2, 0) is 25.4 Å². The molecule has 2 amide bonds. The Hall–Kier alpha value is -2.59. The standard InChI is InChI=1S/C28H41ClN2O7/c1-15-10-19-13-20(32)14-21(24(19)29)31-27(34)16(2)8-7-9-22(36-5)26(38-28(30)35)18(4)12-17(3)25(33)23(11-15)37-6/h8,12-15,17,22-23,25-26,32-33H,7,9-11H2,1-6H3,(H2,30,35)(H,31,34)/b16-8+,18-12+/t15-,17+,22+,23+,25-,26+/m1/s1. The summed E-state index contributed by atoms with van der Waals surface area (Å²) in [4.78, 5) is 24.6. The maximum atomic E-state index is 12.9. The topological polar surface area (TPSA) is 140 Å². The number of aromatic hydroxyl groups is 1. The molecule has 2 rings (SSSR count). The van der Waals surface area contributed by atoms with Crippen LogP contribution >= 0.6 is 11.6 Å². The molecule has 6 atom stereocenters. The Morgan fingerprint density at radius 2 is 1.82 bits per heavy atom. The highest BCUT2D eigenvalue weighted by molar-refractivity contribution is 6.34. The fourth-order valence-electron chi connectivity index (χ4n) is 4.84. The minimum atomic E-state index is -0.937. The first-order valence-corrected chi connectivity index (χ1v) is 13.1. The smallest absolute Gasteiger partial charge is 0.405 e. The van der Waals surface area contributed by atoms with Crippen LogP contribution in [0.15, 0.2) is 35.4 Å². The zero-order valence-corrected chi connectivity index (χ0v) is 23.7. The molecule has 1 aliphatic heterocycles. The summed E-state index contributed by atoms with van der Waals surface area (Å²) in [6.45, 7) is 7.33. The third kappa shape index (κ3) is 8.73. The van der Waals surface area contributed by atoms with Gasteiger partial charge in [-0.25, -0.2) is 4.79 Å². The number of hydrogen-bond acceptors (Lipinski definition) is 7. The van der Waals surface area contributed by atoms with Gasteiger partial charge < -0.3 is 35.5 Å². The average Bonchev–Trinajstić information content (AvgIpc) is 2.85. The monoisotopic (exact) mass is 552 g/mol. The van der Waals surface area contributed by atoms with Crippen molar-refractivity contribution in [2.45, 2.75) is 77.8 Å². The van der Waals surface area contributed by atoms with Crippen molar-refractivity contribution in [1.82, 2.24) is 0 Å². The van der Waals surface area contributed by atoms with E-state index in [0.29, 0.717) is 53.1 Å². The van der Waals surface area contributed by atoms with Crippen molar-refractivity contribution in [2.24, 2.45) is 17.6 Å². The molecule has 38 heavy (non-hydrogen) atoms. The van der Waals surface area contributed by atoms with Crippen molar-refractivity contribution in [3.63, 3.8) is 0 Å². The van der Waals surface area contributed by atoms with Crippen molar-refractivity contribution in [3.8, 4) is 5.75 Å². The molecule has 9 nitrogen and oxygen atoms in total. The van der Waals surface area contributed by atoms with E-state index in [1.54, 1.807) is 33.1 Å². The van der Waals surface area contributed by atoms with E-state index in [1.165, 1.54) is 13.2 Å². The van der Waals surface area contributed by atoms with Gasteiger partial charge in [0.25, 0.3) is 5.91 Å². The number of nitrogens with one attached hydrogen (secondary N) is 1. The molecule has 1 aromatic rings. The van der Waals surface area contributed by atoms with Crippen LogP contribution < -0.4 is 11.1 Å². The number of methoxy groups -OCH3 is 2. The second-order valence-electron chi connectivity index (χ2n) is 10.1. The van der Waals surface area contributed by atoms with Gasteiger partial charge in [0.2, 0.25) is 0 Å². The van der Waals surface area contributed by atoms with Crippen LogP contribution in [0.3, 0.4) is 0 Å². The summed E-state index contributed by atoms with van der Waals surface area (Å²) in [7, 11) is 3.06. The normalized spacial score (nSPS) is 30.9. The summed E-state index contributed by atoms with van der Waals surface area (Å²) in [5.74, 6) is -0.700. The maximum Gasteiger partial charge on any atom is 0.405 e. The zero-order valence-electron chi connectivity index (χ0n) is 23.0. The lowest BCUT2D eigenvalue weighted by atomic mass is 9.88. The summed E-state index contributed by atoms with van der Waals surface area (Å²) in [5, 5.41) is 24.6. The number of primary amides is 1. The number of aliphatic hydroxyl groups is 1. The number of carbonyl (C=O) groups is 2. The first-order valence-electron chi connectivity index (χ1n) is 12.7. The van der Waals surface area contributed by atoms with Gasteiger partial charge >= 0.3 is 6.09 Å². The minimum Gasteiger partial charge on any atom is -0.508 e. The van der Waals surface area contributed by atoms with E-state index < -0.39 is 30.5 Å². The number of aliphatic hydroxyl groups excluding tert-OH is 1. The number of phenols is 1. The Bertz CT molecular complexity index is 1040. The first kappa shape index (κ1) is 31.6. The fraction of sp³-hybridized carbons (Fsp3) is 0.571. The quantitative estimate of drug-likeness (QED) is 0.397. The Morgan fingerprint density at radius 1 is 1.16 bits per heavy atom. The molecular weight excluding hydrogens is 512 g/mol. The molecule has 5 N–H and O–H groups in total. The lowest BCUT2D eigenvalue weighted by Gasteiger charge is -2.30. The number of phenolic OH excluding ortho intramolecular Hbond substituents is 1. The Kier molecular flexibility index (Phi) is 12.1. The number of fused-ring (bicyclic) bond motifs is 2. The molecule has 1 aromatic carbocycles. The molecule has 0 aromatic heterocycles. The third-order valence-corrected chi connectivity index (χ3v) is 7.37. The van der Waals surface area contributed by atoms with Crippen molar-refractivity contribution < 1.29 is 34.0 Å². The highest BCUT2D eigenvalue weighted by Crippen LogP contribution is 2.34. The van der Waals surface area contributed by atoms with Crippen molar-refractivity contribution >= 4 is 29.3 Å². The van der Waals surface area contributed by atoms with E-state index >= 15 is 0 Å². The molecule has 0 unspecified atom stereocenters. The van der Waals surface area contributed by atoms with Gasteiger partial charge in [0.15, 0.2) is 6.10 Å². The van der Waals surface area contributed by atoms with E-state index in [1.807, 2.05) is 19.9 Å². The number of amides is 2. The fourth-order valence-corrected chi connectivity index (χ4v) is 5.08. The highest BCUT2D eigenvalue weighted by atomic mass is 35.5. The zero-order chi connectivity index (χ0) is 28.6. The van der Waals surface area contributed by atoms with Gasteiger partial charge in [-0.2, -0.15) is 0 Å². The van der Waals surface area contributed by atoms with Crippen LogP contribution in [0.1, 0.15) is 52.5 Å². The van der Waals surface area contributed by atoms with Gasteiger partial charge in [0.05, 0.1) is 29.0 Å². The summed E-state index contributed by atoms with van der Waals surface area (Å²) in [6.07, 6.45) is 1.86. The molecule has 1 heterocycles. The molecule has 0 radical (unpaired) electrons. The number of anilines is 1. The van der Waals surface area contributed by atoms with E-state index in [2.05, 4.69) is 5.32 Å². The van der Waals surface area contributed by atoms with E-state index in [0.717, 1.165) is 0 Å². The van der Waals surface area contributed by atoms with Crippen LogP contribution in [0.25, 0.3) is 0 Å². The van der Waals surface area contributed by atoms with Crippen LogP contribution in [0.5, 0.6) is 5.75 Å². The minimum absolute atomic E-state index is 0.0135. The molecule has 10 heteroatoms. The number of ether oxygens (including phenoxy) is 3. The second kappa shape index (κ2) is 14.5. The van der Waals surface area contributed by atoms with E-state index in [9.17, 15) is 19.8 Å². The molecule has 2 bridgehead atoms. The van der Waals surface area contributed by atoms with Gasteiger partial charge in [-0.3, -0.25) is 4.79 Å². The number of hydrogen-bond donors (Lipinski definition) is 4. The Morgan fingerprint density at radius 3 is 2.42 bits per heavy atom. The lowest BCUT2D eigenvalue weighted by molar-refractivity contribution is -0.112. The summed E-state index contributed by atoms with van der Waals surface area (Å²) < 4.78 is 16.7. The molecular formula is C28H41ClN2O7. The van der Waals surface area contributed by atoms with Crippen molar-refractivity contribution in [3.05, 3.63) is 46.0 Å². The summed E-state index contributed by atoms with van der Waals surface area (Å²) in [5.41, 5.74) is 7.47. The van der Waals surface area contributed by atoms with Crippen molar-refractivity contribution in [1.29, 1.82) is 0 Å². The van der Waals surface area contributed by atoms with Gasteiger partial charge in [-0.1, -0.05) is 37.6 Å². The van der Waals surface area contributed by atoms with Gasteiger partial charge in [-0.15, -0.1) is 0 Å². The Balaban J connectivity index is 2.52. The molecule has 0 fully saturated rings. The number of carbonyl (C=O) groups excluding carboxylic acids is 2. The van der Waals surface area contributed by atoms with E-state index in [4.69, 9.17) is 31.5 Å². The van der Waals surface area contributed by atoms with Crippen LogP contribution in [-0.4, -0.2) is 60.8 Å². The number of nitrogens with two attached hydrogens (primary N) is 1. The molecule has 1 aliphatic rings. The van der Waals surface area contributed by atoms with Gasteiger partial charge in [-0.05, 0) is 62.7 Å². The molecule has 0 aliphatic carbocycles. The molecule has 212 valence electrons. The van der Waals surface area contributed by atoms with E-state index in [-0.39, 0.29) is 23.5 Å². The first-order chi connectivity index (χ1) is 17.9. The third-order valence-electron chi connectivity index (χ3n) is 6.92. The average molecular weight is 553 g/mol.